The minimum absolute atomic E-state index is 0.618. The van der Waals surface area contributed by atoms with Gasteiger partial charge in [-0.3, -0.25) is 4.98 Å². The van der Waals surface area contributed by atoms with Crippen LogP contribution >= 0.6 is 0 Å². The summed E-state index contributed by atoms with van der Waals surface area (Å²) in [4.78, 5) is 4.14. The van der Waals surface area contributed by atoms with Crippen molar-refractivity contribution in [1.29, 1.82) is 0 Å². The summed E-state index contributed by atoms with van der Waals surface area (Å²) in [6, 6.07) is 16.7. The molecular weight excluding hydrogens is 260 g/mol. The number of nitrogens with zero attached hydrogens (tertiary/aromatic N) is 1. The van der Waals surface area contributed by atoms with Gasteiger partial charge in [0.25, 0.3) is 0 Å². The van der Waals surface area contributed by atoms with Crippen LogP contribution in [0.25, 0.3) is 10.8 Å². The van der Waals surface area contributed by atoms with Gasteiger partial charge in [-0.2, -0.15) is 0 Å². The Morgan fingerprint density at radius 1 is 1.05 bits per heavy atom. The van der Waals surface area contributed by atoms with Crippen molar-refractivity contribution in [1.82, 2.24) is 4.98 Å². The molecule has 3 nitrogen and oxygen atoms in total. The van der Waals surface area contributed by atoms with E-state index in [-0.39, 0.29) is 0 Å². The molecule has 0 saturated carbocycles. The number of nitrogens with one attached hydrogen (secondary N) is 1. The molecule has 106 valence electrons. The third-order valence-electron chi connectivity index (χ3n) is 3.51. The van der Waals surface area contributed by atoms with E-state index >= 15 is 0 Å². The van der Waals surface area contributed by atoms with Crippen molar-refractivity contribution in [2.75, 3.05) is 12.4 Å². The summed E-state index contributed by atoms with van der Waals surface area (Å²) in [6.07, 6.45) is 3.72. The van der Waals surface area contributed by atoms with E-state index in [2.05, 4.69) is 40.6 Å². The average molecular weight is 278 g/mol. The van der Waals surface area contributed by atoms with Gasteiger partial charge in [0.2, 0.25) is 0 Å². The van der Waals surface area contributed by atoms with Gasteiger partial charge in [0.1, 0.15) is 0 Å². The lowest BCUT2D eigenvalue weighted by atomic mass is 10.1. The van der Waals surface area contributed by atoms with Gasteiger partial charge < -0.3 is 10.1 Å². The van der Waals surface area contributed by atoms with Crippen LogP contribution < -0.4 is 5.32 Å². The van der Waals surface area contributed by atoms with Crippen molar-refractivity contribution in [2.24, 2.45) is 0 Å². The predicted octanol–water partition coefficient (Wildman–Crippen LogP) is 3.99. The average Bonchev–Trinajstić information content (AvgIpc) is 2.54. The second kappa shape index (κ2) is 6.37. The first kappa shape index (κ1) is 13.6. The van der Waals surface area contributed by atoms with E-state index in [1.54, 1.807) is 7.11 Å². The first-order valence-corrected chi connectivity index (χ1v) is 7.00. The van der Waals surface area contributed by atoms with Gasteiger partial charge in [-0.1, -0.05) is 30.3 Å². The molecule has 0 fully saturated rings. The smallest absolute Gasteiger partial charge is 0.0733 e. The minimum atomic E-state index is 0.618. The predicted molar refractivity (Wildman–Crippen MR) is 86.2 cm³/mol. The Hall–Kier alpha value is -2.39. The number of hydrogen-bond donors (Lipinski definition) is 1. The Morgan fingerprint density at radius 2 is 1.95 bits per heavy atom. The summed E-state index contributed by atoms with van der Waals surface area (Å²) in [5.74, 6) is 0. The van der Waals surface area contributed by atoms with Crippen LogP contribution in [0.5, 0.6) is 0 Å². The Bertz CT molecular complexity index is 740. The van der Waals surface area contributed by atoms with Crippen molar-refractivity contribution in [3.05, 3.63) is 72.1 Å². The van der Waals surface area contributed by atoms with Gasteiger partial charge in [-0.25, -0.2) is 0 Å². The highest BCUT2D eigenvalue weighted by molar-refractivity contribution is 5.82. The van der Waals surface area contributed by atoms with Crippen LogP contribution in [0.15, 0.2) is 60.9 Å². The van der Waals surface area contributed by atoms with Gasteiger partial charge >= 0.3 is 0 Å². The number of pyridine rings is 1. The normalized spacial score (nSPS) is 10.7. The lowest BCUT2D eigenvalue weighted by Crippen LogP contribution is -2.03. The van der Waals surface area contributed by atoms with E-state index < -0.39 is 0 Å². The fraction of sp³-hybridized carbons (Fsp3) is 0.167. The summed E-state index contributed by atoms with van der Waals surface area (Å²) in [5.41, 5.74) is 3.54. The number of rotatable bonds is 5. The maximum atomic E-state index is 5.23. The van der Waals surface area contributed by atoms with E-state index in [0.717, 1.165) is 12.2 Å². The van der Waals surface area contributed by atoms with Crippen LogP contribution in [0.4, 0.5) is 5.69 Å². The summed E-state index contributed by atoms with van der Waals surface area (Å²) < 4.78 is 5.23. The Labute approximate surface area is 124 Å². The number of hydrogen-bond acceptors (Lipinski definition) is 3. The second-order valence-electron chi connectivity index (χ2n) is 5.00. The fourth-order valence-electron chi connectivity index (χ4n) is 2.41. The molecule has 0 unspecified atom stereocenters. The third kappa shape index (κ3) is 3.20. The molecule has 0 aliphatic rings. The van der Waals surface area contributed by atoms with Crippen molar-refractivity contribution in [3.8, 4) is 0 Å². The van der Waals surface area contributed by atoms with Crippen molar-refractivity contribution in [2.45, 2.75) is 13.2 Å². The quantitative estimate of drug-likeness (QED) is 0.766. The molecule has 1 heterocycles. The molecule has 3 rings (SSSR count). The minimum Gasteiger partial charge on any atom is -0.381 e. The molecule has 0 aliphatic heterocycles. The van der Waals surface area contributed by atoms with Crippen LogP contribution in [0, 0.1) is 0 Å². The highest BCUT2D eigenvalue weighted by Crippen LogP contribution is 2.19. The largest absolute Gasteiger partial charge is 0.381 e. The lowest BCUT2D eigenvalue weighted by molar-refractivity contribution is 0.185. The summed E-state index contributed by atoms with van der Waals surface area (Å²) in [7, 11) is 1.72. The zero-order valence-corrected chi connectivity index (χ0v) is 12.0. The number of benzene rings is 2. The first-order chi connectivity index (χ1) is 10.4. The van der Waals surface area contributed by atoms with Crippen LogP contribution in [0.2, 0.25) is 0 Å². The summed E-state index contributed by atoms with van der Waals surface area (Å²) in [5, 5.41) is 5.87. The number of aromatic nitrogens is 1. The first-order valence-electron chi connectivity index (χ1n) is 7.00. The molecule has 21 heavy (non-hydrogen) atoms. The number of anilines is 1. The standard InChI is InChI=1S/C18H18N2O/c1-21-13-17-4-2-3-5-18(17)20-11-14-6-7-16-12-19-9-8-15(16)10-14/h2-10,12,20H,11,13H2,1H3. The van der Waals surface area contributed by atoms with Gasteiger partial charge in [0.15, 0.2) is 0 Å². The van der Waals surface area contributed by atoms with Gasteiger partial charge in [0.05, 0.1) is 6.61 Å². The maximum Gasteiger partial charge on any atom is 0.0733 e. The van der Waals surface area contributed by atoms with Gasteiger partial charge in [0, 0.05) is 42.7 Å². The number of ether oxygens (including phenoxy) is 1. The van der Waals surface area contributed by atoms with Crippen molar-refractivity contribution >= 4 is 16.5 Å². The lowest BCUT2D eigenvalue weighted by Gasteiger charge is -2.12. The second-order valence-corrected chi connectivity index (χ2v) is 5.00. The molecule has 0 atom stereocenters. The van der Waals surface area contributed by atoms with Gasteiger partial charge in [-0.05, 0) is 29.1 Å². The van der Waals surface area contributed by atoms with E-state index in [0.29, 0.717) is 6.61 Å². The van der Waals surface area contributed by atoms with E-state index in [4.69, 9.17) is 4.74 Å². The number of methoxy groups -OCH3 is 1. The fourth-order valence-corrected chi connectivity index (χ4v) is 2.41. The summed E-state index contributed by atoms with van der Waals surface area (Å²) >= 11 is 0. The molecule has 1 N–H and O–H groups in total. The van der Waals surface area contributed by atoms with Crippen LogP contribution in [-0.4, -0.2) is 12.1 Å². The molecule has 0 saturated heterocycles. The molecular formula is C18H18N2O. The number of fused-ring (bicyclic) bond motifs is 1. The zero-order chi connectivity index (χ0) is 14.5. The van der Waals surface area contributed by atoms with Crippen LogP contribution in [0.3, 0.4) is 0 Å². The molecule has 2 aromatic carbocycles. The van der Waals surface area contributed by atoms with Crippen LogP contribution in [-0.2, 0) is 17.9 Å². The van der Waals surface area contributed by atoms with Crippen molar-refractivity contribution < 1.29 is 4.74 Å². The molecule has 0 radical (unpaired) electrons. The Kier molecular flexibility index (Phi) is 4.12. The zero-order valence-electron chi connectivity index (χ0n) is 12.0. The highest BCUT2D eigenvalue weighted by atomic mass is 16.5. The number of para-hydroxylation sites is 1. The molecule has 0 amide bonds. The molecule has 3 heteroatoms. The van der Waals surface area contributed by atoms with E-state index in [9.17, 15) is 0 Å². The topological polar surface area (TPSA) is 34.1 Å². The molecule has 3 aromatic rings. The summed E-state index contributed by atoms with van der Waals surface area (Å²) in [6.45, 7) is 1.41. The van der Waals surface area contributed by atoms with E-state index in [1.165, 1.54) is 21.9 Å². The monoisotopic (exact) mass is 278 g/mol. The van der Waals surface area contributed by atoms with Crippen LogP contribution in [0.1, 0.15) is 11.1 Å². The molecule has 0 aliphatic carbocycles. The third-order valence-corrected chi connectivity index (χ3v) is 3.51. The molecule has 1 aromatic heterocycles. The van der Waals surface area contributed by atoms with Gasteiger partial charge in [-0.15, -0.1) is 0 Å². The highest BCUT2D eigenvalue weighted by Gasteiger charge is 2.02. The molecule has 0 bridgehead atoms. The Morgan fingerprint density at radius 3 is 2.86 bits per heavy atom. The SMILES string of the molecule is COCc1ccccc1NCc1ccc2cnccc2c1. The Balaban J connectivity index is 1.77. The van der Waals surface area contributed by atoms with Crippen molar-refractivity contribution in [3.63, 3.8) is 0 Å². The molecule has 0 spiro atoms. The van der Waals surface area contributed by atoms with E-state index in [1.807, 2.05) is 30.6 Å². The maximum absolute atomic E-state index is 5.23.